The summed E-state index contributed by atoms with van der Waals surface area (Å²) in [4.78, 5) is 9.24. The molecule has 1 aromatic heterocycles. The van der Waals surface area contributed by atoms with Crippen molar-refractivity contribution in [3.05, 3.63) is 28.5 Å². The number of likely N-dealkylation sites (N-methyl/N-ethyl adjacent to an activating group) is 1. The van der Waals surface area contributed by atoms with E-state index in [9.17, 15) is 0 Å². The Kier molecular flexibility index (Phi) is 4.37. The van der Waals surface area contributed by atoms with E-state index in [1.54, 1.807) is 0 Å². The Labute approximate surface area is 108 Å². The van der Waals surface area contributed by atoms with Crippen LogP contribution in [0.4, 0.5) is 0 Å². The first-order valence-corrected chi connectivity index (χ1v) is 6.62. The number of aryl methyl sites for hydroxylation is 1. The highest BCUT2D eigenvalue weighted by Gasteiger charge is 2.16. The molecular formula is C13H20ClN3. The van der Waals surface area contributed by atoms with E-state index in [1.165, 1.54) is 0 Å². The SMILES string of the molecule is CCN1CCN(Cc2cnc(C)cc2Cl)CC1. The van der Waals surface area contributed by atoms with Crippen molar-refractivity contribution in [2.75, 3.05) is 32.7 Å². The molecule has 1 fully saturated rings. The second kappa shape index (κ2) is 5.80. The second-order valence-corrected chi connectivity index (χ2v) is 5.03. The minimum absolute atomic E-state index is 0.843. The van der Waals surface area contributed by atoms with Gasteiger partial charge in [0.05, 0.1) is 0 Å². The molecule has 1 saturated heterocycles. The molecule has 4 heteroatoms. The van der Waals surface area contributed by atoms with Crippen molar-refractivity contribution in [2.45, 2.75) is 20.4 Å². The molecule has 94 valence electrons. The first kappa shape index (κ1) is 12.8. The zero-order valence-corrected chi connectivity index (χ0v) is 11.4. The summed E-state index contributed by atoms with van der Waals surface area (Å²) >= 11 is 6.23. The zero-order chi connectivity index (χ0) is 12.3. The van der Waals surface area contributed by atoms with Gasteiger partial charge in [0, 0.05) is 55.2 Å². The molecule has 0 saturated carbocycles. The van der Waals surface area contributed by atoms with Gasteiger partial charge in [0.25, 0.3) is 0 Å². The third-order valence-corrected chi connectivity index (χ3v) is 3.72. The fraction of sp³-hybridized carbons (Fsp3) is 0.615. The van der Waals surface area contributed by atoms with Crippen molar-refractivity contribution in [2.24, 2.45) is 0 Å². The number of hydrogen-bond donors (Lipinski definition) is 0. The molecule has 0 bridgehead atoms. The van der Waals surface area contributed by atoms with Crippen molar-refractivity contribution in [1.29, 1.82) is 0 Å². The van der Waals surface area contributed by atoms with Gasteiger partial charge >= 0.3 is 0 Å². The topological polar surface area (TPSA) is 19.4 Å². The third kappa shape index (κ3) is 3.41. The molecule has 0 atom stereocenters. The van der Waals surface area contributed by atoms with Gasteiger partial charge in [-0.2, -0.15) is 0 Å². The van der Waals surface area contributed by atoms with Gasteiger partial charge in [0.15, 0.2) is 0 Å². The van der Waals surface area contributed by atoms with Crippen LogP contribution in [0.1, 0.15) is 18.2 Å². The van der Waals surface area contributed by atoms with E-state index in [0.717, 1.165) is 55.5 Å². The van der Waals surface area contributed by atoms with E-state index in [-0.39, 0.29) is 0 Å². The van der Waals surface area contributed by atoms with Gasteiger partial charge in [-0.3, -0.25) is 9.88 Å². The van der Waals surface area contributed by atoms with E-state index >= 15 is 0 Å². The summed E-state index contributed by atoms with van der Waals surface area (Å²) in [7, 11) is 0. The molecule has 2 rings (SSSR count). The van der Waals surface area contributed by atoms with Crippen molar-refractivity contribution < 1.29 is 0 Å². The summed E-state index contributed by atoms with van der Waals surface area (Å²) in [5.74, 6) is 0. The van der Waals surface area contributed by atoms with Crippen LogP contribution < -0.4 is 0 Å². The van der Waals surface area contributed by atoms with Gasteiger partial charge in [-0.15, -0.1) is 0 Å². The molecule has 3 nitrogen and oxygen atoms in total. The van der Waals surface area contributed by atoms with E-state index < -0.39 is 0 Å². The summed E-state index contributed by atoms with van der Waals surface area (Å²) in [5, 5.41) is 0.843. The van der Waals surface area contributed by atoms with Crippen LogP contribution in [0.25, 0.3) is 0 Å². The summed E-state index contributed by atoms with van der Waals surface area (Å²) in [6, 6.07) is 1.94. The van der Waals surface area contributed by atoms with Crippen molar-refractivity contribution >= 4 is 11.6 Å². The number of hydrogen-bond acceptors (Lipinski definition) is 3. The van der Waals surface area contributed by atoms with Crippen LogP contribution in [0, 0.1) is 6.92 Å². The standard InChI is InChI=1S/C13H20ClN3/c1-3-16-4-6-17(7-5-16)10-12-9-15-11(2)8-13(12)14/h8-9H,3-7,10H2,1-2H3. The normalized spacial score (nSPS) is 18.5. The number of pyridine rings is 1. The molecule has 0 unspecified atom stereocenters. The quantitative estimate of drug-likeness (QED) is 0.823. The summed E-state index contributed by atoms with van der Waals surface area (Å²) in [6.07, 6.45) is 1.91. The smallest absolute Gasteiger partial charge is 0.0484 e. The second-order valence-electron chi connectivity index (χ2n) is 4.63. The summed E-state index contributed by atoms with van der Waals surface area (Å²) < 4.78 is 0. The van der Waals surface area contributed by atoms with Gasteiger partial charge in [0.2, 0.25) is 0 Å². The van der Waals surface area contributed by atoms with Crippen LogP contribution in [0.2, 0.25) is 5.02 Å². The van der Waals surface area contributed by atoms with Gasteiger partial charge in [-0.1, -0.05) is 18.5 Å². The third-order valence-electron chi connectivity index (χ3n) is 3.37. The molecule has 1 aliphatic heterocycles. The highest BCUT2D eigenvalue weighted by Crippen LogP contribution is 2.18. The molecule has 0 radical (unpaired) electrons. The molecular weight excluding hydrogens is 234 g/mol. The monoisotopic (exact) mass is 253 g/mol. The van der Waals surface area contributed by atoms with Crippen LogP contribution in [-0.2, 0) is 6.54 Å². The van der Waals surface area contributed by atoms with Crippen LogP contribution >= 0.6 is 11.6 Å². The van der Waals surface area contributed by atoms with Gasteiger partial charge in [-0.25, -0.2) is 0 Å². The minimum atomic E-state index is 0.843. The molecule has 0 aromatic carbocycles. The lowest BCUT2D eigenvalue weighted by atomic mass is 10.2. The maximum Gasteiger partial charge on any atom is 0.0484 e. The summed E-state index contributed by atoms with van der Waals surface area (Å²) in [6.45, 7) is 10.8. The van der Waals surface area contributed by atoms with E-state index in [0.29, 0.717) is 0 Å². The molecule has 2 heterocycles. The van der Waals surface area contributed by atoms with E-state index in [4.69, 9.17) is 11.6 Å². The average Bonchev–Trinajstić information content (AvgIpc) is 2.34. The Morgan fingerprint density at radius 1 is 1.24 bits per heavy atom. The fourth-order valence-corrected chi connectivity index (χ4v) is 2.44. The molecule has 0 spiro atoms. The van der Waals surface area contributed by atoms with Crippen LogP contribution in [0.3, 0.4) is 0 Å². The Hall–Kier alpha value is -0.640. The highest BCUT2D eigenvalue weighted by atomic mass is 35.5. The molecule has 17 heavy (non-hydrogen) atoms. The lowest BCUT2D eigenvalue weighted by Crippen LogP contribution is -2.45. The first-order chi connectivity index (χ1) is 8.19. The Balaban J connectivity index is 1.93. The minimum Gasteiger partial charge on any atom is -0.301 e. The maximum atomic E-state index is 6.23. The number of halogens is 1. The Morgan fingerprint density at radius 3 is 2.47 bits per heavy atom. The molecule has 1 aliphatic rings. The van der Waals surface area contributed by atoms with E-state index in [2.05, 4.69) is 21.7 Å². The van der Waals surface area contributed by atoms with Crippen molar-refractivity contribution in [1.82, 2.24) is 14.8 Å². The number of piperazine rings is 1. The van der Waals surface area contributed by atoms with Crippen LogP contribution in [-0.4, -0.2) is 47.5 Å². The largest absolute Gasteiger partial charge is 0.301 e. The molecule has 0 aliphatic carbocycles. The first-order valence-electron chi connectivity index (χ1n) is 6.24. The molecule has 0 N–H and O–H groups in total. The van der Waals surface area contributed by atoms with Crippen molar-refractivity contribution in [3.63, 3.8) is 0 Å². The van der Waals surface area contributed by atoms with Gasteiger partial charge in [0.1, 0.15) is 0 Å². The van der Waals surface area contributed by atoms with Gasteiger partial charge in [-0.05, 0) is 19.5 Å². The van der Waals surface area contributed by atoms with Gasteiger partial charge < -0.3 is 4.90 Å². The molecule has 1 aromatic rings. The number of aromatic nitrogens is 1. The maximum absolute atomic E-state index is 6.23. The average molecular weight is 254 g/mol. The van der Waals surface area contributed by atoms with E-state index in [1.807, 2.05) is 19.2 Å². The fourth-order valence-electron chi connectivity index (χ4n) is 2.18. The number of rotatable bonds is 3. The lowest BCUT2D eigenvalue weighted by Gasteiger charge is -2.34. The highest BCUT2D eigenvalue weighted by molar-refractivity contribution is 6.31. The number of nitrogens with zero attached hydrogens (tertiary/aromatic N) is 3. The van der Waals surface area contributed by atoms with Crippen LogP contribution in [0.15, 0.2) is 12.3 Å². The zero-order valence-electron chi connectivity index (χ0n) is 10.6. The Morgan fingerprint density at radius 2 is 1.88 bits per heavy atom. The lowest BCUT2D eigenvalue weighted by molar-refractivity contribution is 0.132. The molecule has 0 amide bonds. The predicted molar refractivity (Wildman–Crippen MR) is 71.4 cm³/mol. The summed E-state index contributed by atoms with van der Waals surface area (Å²) in [5.41, 5.74) is 2.12. The predicted octanol–water partition coefficient (Wildman–Crippen LogP) is 2.18. The van der Waals surface area contributed by atoms with Crippen LogP contribution in [0.5, 0.6) is 0 Å². The van der Waals surface area contributed by atoms with Crippen molar-refractivity contribution in [3.8, 4) is 0 Å². The Bertz CT molecular complexity index is 373.